The summed E-state index contributed by atoms with van der Waals surface area (Å²) in [6.45, 7) is 1.72. The lowest BCUT2D eigenvalue weighted by Gasteiger charge is -2.12. The standard InChI is InChI=1S/C10H11F3N2O/c1-5(4-14)15-10(16)9-7(12)2-6(11)3-8(9)13/h2-3,5H,4,14H2,1H3,(H,15,16)/t5-/m0/s1. The first kappa shape index (κ1) is 12.5. The van der Waals surface area contributed by atoms with Gasteiger partial charge in [-0.2, -0.15) is 0 Å². The molecule has 0 unspecified atom stereocenters. The zero-order chi connectivity index (χ0) is 12.3. The van der Waals surface area contributed by atoms with E-state index in [0.717, 1.165) is 0 Å². The molecule has 0 aliphatic carbocycles. The predicted octanol–water partition coefficient (Wildman–Crippen LogP) is 1.18. The van der Waals surface area contributed by atoms with Crippen LogP contribution in [0.25, 0.3) is 0 Å². The van der Waals surface area contributed by atoms with E-state index in [1.54, 1.807) is 6.92 Å². The minimum atomic E-state index is -1.24. The van der Waals surface area contributed by atoms with Gasteiger partial charge in [0.1, 0.15) is 23.0 Å². The summed E-state index contributed by atoms with van der Waals surface area (Å²) in [7, 11) is 0. The van der Waals surface area contributed by atoms with Gasteiger partial charge in [-0.05, 0) is 6.92 Å². The minimum absolute atomic E-state index is 0.135. The van der Waals surface area contributed by atoms with Crippen molar-refractivity contribution in [3.8, 4) is 0 Å². The third-order valence-electron chi connectivity index (χ3n) is 1.96. The van der Waals surface area contributed by atoms with Gasteiger partial charge in [-0.3, -0.25) is 4.79 Å². The molecule has 16 heavy (non-hydrogen) atoms. The zero-order valence-corrected chi connectivity index (χ0v) is 8.56. The van der Waals surface area contributed by atoms with Gasteiger partial charge in [0.05, 0.1) is 0 Å². The molecule has 88 valence electrons. The van der Waals surface area contributed by atoms with Crippen molar-refractivity contribution in [2.75, 3.05) is 6.54 Å². The molecule has 3 N–H and O–H groups in total. The number of hydrogen-bond acceptors (Lipinski definition) is 2. The van der Waals surface area contributed by atoms with Gasteiger partial charge < -0.3 is 11.1 Å². The summed E-state index contributed by atoms with van der Waals surface area (Å²) in [5.41, 5.74) is 4.43. The Morgan fingerprint density at radius 3 is 2.31 bits per heavy atom. The first-order valence-corrected chi connectivity index (χ1v) is 4.61. The van der Waals surface area contributed by atoms with Gasteiger partial charge in [0.2, 0.25) is 0 Å². The van der Waals surface area contributed by atoms with Crippen LogP contribution in [0.4, 0.5) is 13.2 Å². The summed E-state index contributed by atoms with van der Waals surface area (Å²) in [6, 6.07) is 0.479. The molecule has 0 saturated heterocycles. The molecule has 0 aliphatic rings. The molecule has 0 bridgehead atoms. The van der Waals surface area contributed by atoms with Crippen molar-refractivity contribution in [2.45, 2.75) is 13.0 Å². The van der Waals surface area contributed by atoms with E-state index in [4.69, 9.17) is 5.73 Å². The molecule has 0 aliphatic heterocycles. The van der Waals surface area contributed by atoms with E-state index < -0.39 is 35.0 Å². The second-order valence-electron chi connectivity index (χ2n) is 3.35. The summed E-state index contributed by atoms with van der Waals surface area (Å²) in [4.78, 5) is 11.4. The van der Waals surface area contributed by atoms with Crippen LogP contribution in [-0.4, -0.2) is 18.5 Å². The first-order valence-electron chi connectivity index (χ1n) is 4.61. The van der Waals surface area contributed by atoms with Gasteiger partial charge in [-0.25, -0.2) is 13.2 Å². The molecule has 1 atom stereocenters. The number of amides is 1. The Morgan fingerprint density at radius 2 is 1.88 bits per heavy atom. The predicted molar refractivity (Wildman–Crippen MR) is 52.3 cm³/mol. The van der Waals surface area contributed by atoms with Gasteiger partial charge >= 0.3 is 0 Å². The SMILES string of the molecule is C[C@@H](CN)NC(=O)c1c(F)cc(F)cc1F. The van der Waals surface area contributed by atoms with E-state index in [9.17, 15) is 18.0 Å². The molecular formula is C10H11F3N2O. The molecule has 0 spiro atoms. The largest absolute Gasteiger partial charge is 0.348 e. The second kappa shape index (κ2) is 4.98. The average Bonchev–Trinajstić information content (AvgIpc) is 2.15. The number of carbonyl (C=O) groups is 1. The topological polar surface area (TPSA) is 55.1 Å². The van der Waals surface area contributed by atoms with Gasteiger partial charge in [-0.1, -0.05) is 0 Å². The van der Waals surface area contributed by atoms with Gasteiger partial charge in [0.15, 0.2) is 0 Å². The van der Waals surface area contributed by atoms with E-state index in [2.05, 4.69) is 5.32 Å². The Morgan fingerprint density at radius 1 is 1.38 bits per heavy atom. The molecule has 1 amide bonds. The van der Waals surface area contributed by atoms with Gasteiger partial charge in [-0.15, -0.1) is 0 Å². The van der Waals surface area contributed by atoms with Crippen molar-refractivity contribution in [1.29, 1.82) is 0 Å². The zero-order valence-electron chi connectivity index (χ0n) is 8.56. The van der Waals surface area contributed by atoms with Crippen LogP contribution in [0.15, 0.2) is 12.1 Å². The molecule has 1 rings (SSSR count). The van der Waals surface area contributed by atoms with Crippen LogP contribution in [-0.2, 0) is 0 Å². The molecule has 0 saturated carbocycles. The van der Waals surface area contributed by atoms with E-state index in [-0.39, 0.29) is 6.54 Å². The van der Waals surface area contributed by atoms with Gasteiger partial charge in [0.25, 0.3) is 5.91 Å². The average molecular weight is 232 g/mol. The first-order chi connectivity index (χ1) is 7.45. The number of rotatable bonds is 3. The molecule has 0 aromatic heterocycles. The van der Waals surface area contributed by atoms with Crippen LogP contribution < -0.4 is 11.1 Å². The Kier molecular flexibility index (Phi) is 3.89. The number of hydrogen-bond donors (Lipinski definition) is 2. The van der Waals surface area contributed by atoms with Crippen LogP contribution in [0, 0.1) is 17.5 Å². The fourth-order valence-corrected chi connectivity index (χ4v) is 1.11. The molecule has 1 aromatic rings. The van der Waals surface area contributed by atoms with Crippen LogP contribution in [0.3, 0.4) is 0 Å². The van der Waals surface area contributed by atoms with Crippen LogP contribution in [0.5, 0.6) is 0 Å². The number of nitrogens with one attached hydrogen (secondary N) is 1. The Hall–Kier alpha value is -1.56. The maximum absolute atomic E-state index is 13.1. The lowest BCUT2D eigenvalue weighted by atomic mass is 10.1. The third kappa shape index (κ3) is 2.73. The van der Waals surface area contributed by atoms with E-state index in [1.165, 1.54) is 0 Å². The smallest absolute Gasteiger partial charge is 0.257 e. The molecule has 6 heteroatoms. The Labute approximate surface area is 90.4 Å². The summed E-state index contributed by atoms with van der Waals surface area (Å²) in [6.07, 6.45) is 0. The highest BCUT2D eigenvalue weighted by molar-refractivity contribution is 5.94. The number of halogens is 3. The van der Waals surface area contributed by atoms with E-state index in [1.807, 2.05) is 0 Å². The third-order valence-corrected chi connectivity index (χ3v) is 1.96. The maximum atomic E-state index is 13.1. The Balaban J connectivity index is 3.00. The second-order valence-corrected chi connectivity index (χ2v) is 3.35. The maximum Gasteiger partial charge on any atom is 0.257 e. The normalized spacial score (nSPS) is 12.3. The molecule has 0 fully saturated rings. The lowest BCUT2D eigenvalue weighted by Crippen LogP contribution is -2.38. The van der Waals surface area contributed by atoms with Crippen molar-refractivity contribution < 1.29 is 18.0 Å². The molecule has 0 heterocycles. The van der Waals surface area contributed by atoms with Crippen molar-refractivity contribution in [1.82, 2.24) is 5.32 Å². The van der Waals surface area contributed by atoms with E-state index >= 15 is 0 Å². The highest BCUT2D eigenvalue weighted by Gasteiger charge is 2.19. The Bertz CT molecular complexity index is 386. The molecule has 3 nitrogen and oxygen atoms in total. The summed E-state index contributed by atoms with van der Waals surface area (Å²) in [5, 5.41) is 2.28. The number of benzene rings is 1. The van der Waals surface area contributed by atoms with Crippen molar-refractivity contribution in [3.05, 3.63) is 35.1 Å². The lowest BCUT2D eigenvalue weighted by molar-refractivity contribution is 0.0932. The van der Waals surface area contributed by atoms with Crippen LogP contribution >= 0.6 is 0 Å². The van der Waals surface area contributed by atoms with Crippen molar-refractivity contribution in [3.63, 3.8) is 0 Å². The van der Waals surface area contributed by atoms with Crippen molar-refractivity contribution in [2.24, 2.45) is 5.73 Å². The molecular weight excluding hydrogens is 221 g/mol. The highest BCUT2D eigenvalue weighted by Crippen LogP contribution is 2.14. The van der Waals surface area contributed by atoms with Crippen molar-refractivity contribution >= 4 is 5.91 Å². The fraction of sp³-hybridized carbons (Fsp3) is 0.300. The monoisotopic (exact) mass is 232 g/mol. The fourth-order valence-electron chi connectivity index (χ4n) is 1.11. The number of nitrogens with two attached hydrogens (primary N) is 1. The molecule has 0 radical (unpaired) electrons. The van der Waals surface area contributed by atoms with Crippen LogP contribution in [0.1, 0.15) is 17.3 Å². The highest BCUT2D eigenvalue weighted by atomic mass is 19.1. The summed E-state index contributed by atoms with van der Waals surface area (Å²) >= 11 is 0. The minimum Gasteiger partial charge on any atom is -0.348 e. The summed E-state index contributed by atoms with van der Waals surface area (Å²) < 4.78 is 38.9. The summed E-state index contributed by atoms with van der Waals surface area (Å²) in [5.74, 6) is -4.50. The van der Waals surface area contributed by atoms with Gasteiger partial charge in [0, 0.05) is 24.7 Å². The number of carbonyl (C=O) groups excluding carboxylic acids is 1. The van der Waals surface area contributed by atoms with Crippen LogP contribution in [0.2, 0.25) is 0 Å². The molecule has 1 aromatic carbocycles. The van der Waals surface area contributed by atoms with E-state index in [0.29, 0.717) is 12.1 Å². The quantitative estimate of drug-likeness (QED) is 0.822.